The first-order valence-electron chi connectivity index (χ1n) is 8.82. The number of fused-ring (bicyclic) bond motifs is 1. The van der Waals surface area contributed by atoms with Crippen LogP contribution in [0.25, 0.3) is 0 Å². The minimum absolute atomic E-state index is 0.128. The Balaban J connectivity index is 1.76. The fourth-order valence-electron chi connectivity index (χ4n) is 3.77. The molecule has 2 heterocycles. The Kier molecular flexibility index (Phi) is 4.70. The van der Waals surface area contributed by atoms with Crippen LogP contribution in [0.15, 0.2) is 41.3 Å². The zero-order valence-electron chi connectivity index (χ0n) is 15.7. The summed E-state index contributed by atoms with van der Waals surface area (Å²) in [5, 5.41) is 4.86. The van der Waals surface area contributed by atoms with Crippen molar-refractivity contribution in [2.24, 2.45) is 0 Å². The van der Waals surface area contributed by atoms with E-state index in [1.54, 1.807) is 30.5 Å². The SMILES string of the molecule is COc1ccc2c(c1)C(=O)N(C[C@@]1(c3cc(F)ccc3SC)NC(=O)NC1=O)C2. The molecule has 4 amide bonds. The molecule has 0 bridgehead atoms. The van der Waals surface area contributed by atoms with Crippen molar-refractivity contribution in [3.8, 4) is 5.75 Å². The van der Waals surface area contributed by atoms with Gasteiger partial charge in [-0.25, -0.2) is 9.18 Å². The Labute approximate surface area is 170 Å². The molecule has 2 N–H and O–H groups in total. The van der Waals surface area contributed by atoms with Crippen molar-refractivity contribution >= 4 is 29.6 Å². The maximum atomic E-state index is 14.1. The summed E-state index contributed by atoms with van der Waals surface area (Å²) in [7, 11) is 1.51. The van der Waals surface area contributed by atoms with Gasteiger partial charge in [-0.15, -0.1) is 11.8 Å². The first-order chi connectivity index (χ1) is 13.9. The number of hydrogen-bond donors (Lipinski definition) is 2. The van der Waals surface area contributed by atoms with Gasteiger partial charge in [0.2, 0.25) is 0 Å². The van der Waals surface area contributed by atoms with Gasteiger partial charge in [-0.2, -0.15) is 0 Å². The van der Waals surface area contributed by atoms with Crippen LogP contribution in [-0.4, -0.2) is 42.7 Å². The maximum Gasteiger partial charge on any atom is 0.322 e. The van der Waals surface area contributed by atoms with Gasteiger partial charge in [-0.05, 0) is 42.2 Å². The zero-order chi connectivity index (χ0) is 20.8. The molecule has 1 saturated heterocycles. The van der Waals surface area contributed by atoms with Crippen LogP contribution in [0, 0.1) is 5.82 Å². The molecule has 4 rings (SSSR count). The molecule has 29 heavy (non-hydrogen) atoms. The highest BCUT2D eigenvalue weighted by Gasteiger charge is 2.51. The van der Waals surface area contributed by atoms with Crippen molar-refractivity contribution in [1.29, 1.82) is 0 Å². The number of halogens is 1. The quantitative estimate of drug-likeness (QED) is 0.578. The summed E-state index contributed by atoms with van der Waals surface area (Å²) in [4.78, 5) is 40.0. The number of ether oxygens (including phenoxy) is 1. The standard InChI is InChI=1S/C20H18FN3O4S/c1-28-13-5-3-11-9-24(17(25)14(11)8-13)10-20(18(26)22-19(27)23-20)15-7-12(21)4-6-16(15)29-2/h3-8H,9-10H2,1-2H3,(H2,22,23,26,27)/t20-/m0/s1. The second-order valence-corrected chi connectivity index (χ2v) is 7.69. The van der Waals surface area contributed by atoms with Gasteiger partial charge < -0.3 is 15.0 Å². The van der Waals surface area contributed by atoms with Crippen molar-refractivity contribution in [1.82, 2.24) is 15.5 Å². The number of carbonyl (C=O) groups is 3. The molecule has 0 saturated carbocycles. The number of urea groups is 1. The molecular formula is C20H18FN3O4S. The van der Waals surface area contributed by atoms with E-state index in [-0.39, 0.29) is 19.0 Å². The van der Waals surface area contributed by atoms with Crippen LogP contribution in [0.2, 0.25) is 0 Å². The lowest BCUT2D eigenvalue weighted by molar-refractivity contribution is -0.124. The zero-order valence-corrected chi connectivity index (χ0v) is 16.6. The highest BCUT2D eigenvalue weighted by molar-refractivity contribution is 7.98. The summed E-state index contributed by atoms with van der Waals surface area (Å²) in [6.45, 7) is 0.143. The maximum absolute atomic E-state index is 14.1. The van der Waals surface area contributed by atoms with E-state index in [0.717, 1.165) is 5.56 Å². The van der Waals surface area contributed by atoms with Crippen molar-refractivity contribution in [2.75, 3.05) is 19.9 Å². The van der Waals surface area contributed by atoms with Gasteiger partial charge in [-0.1, -0.05) is 6.07 Å². The van der Waals surface area contributed by atoms with E-state index < -0.39 is 23.3 Å². The van der Waals surface area contributed by atoms with Crippen LogP contribution >= 0.6 is 11.8 Å². The molecule has 2 aliphatic rings. The first kappa shape index (κ1) is 19.3. The van der Waals surface area contributed by atoms with Crippen molar-refractivity contribution < 1.29 is 23.5 Å². The number of hydrogen-bond acceptors (Lipinski definition) is 5. The van der Waals surface area contributed by atoms with E-state index in [4.69, 9.17) is 4.74 Å². The number of carbonyl (C=O) groups excluding carboxylic acids is 3. The van der Waals surface area contributed by atoms with E-state index in [0.29, 0.717) is 21.8 Å². The van der Waals surface area contributed by atoms with Crippen LogP contribution in [0.4, 0.5) is 9.18 Å². The Hall–Kier alpha value is -3.07. The number of imide groups is 1. The molecule has 2 aromatic carbocycles. The fourth-order valence-corrected chi connectivity index (χ4v) is 4.43. The largest absolute Gasteiger partial charge is 0.497 e. The summed E-state index contributed by atoms with van der Waals surface area (Å²) < 4.78 is 19.3. The molecule has 0 radical (unpaired) electrons. The van der Waals surface area contributed by atoms with Gasteiger partial charge in [-0.3, -0.25) is 14.9 Å². The molecule has 0 aromatic heterocycles. The highest BCUT2D eigenvalue weighted by Crippen LogP contribution is 2.36. The molecule has 7 nitrogen and oxygen atoms in total. The molecular weight excluding hydrogens is 397 g/mol. The second kappa shape index (κ2) is 7.07. The highest BCUT2D eigenvalue weighted by atomic mass is 32.2. The van der Waals surface area contributed by atoms with Crippen molar-refractivity contribution in [3.63, 3.8) is 0 Å². The Morgan fingerprint density at radius 1 is 1.21 bits per heavy atom. The number of nitrogens with zero attached hydrogens (tertiary/aromatic N) is 1. The average molecular weight is 415 g/mol. The predicted octanol–water partition coefficient (Wildman–Crippen LogP) is 2.25. The van der Waals surface area contributed by atoms with E-state index in [2.05, 4.69) is 10.6 Å². The monoisotopic (exact) mass is 415 g/mol. The van der Waals surface area contributed by atoms with Gasteiger partial charge in [0, 0.05) is 22.6 Å². The number of thioether (sulfide) groups is 1. The fraction of sp³-hybridized carbons (Fsp3) is 0.250. The molecule has 2 aliphatic heterocycles. The van der Waals surface area contributed by atoms with Gasteiger partial charge >= 0.3 is 6.03 Å². The summed E-state index contributed by atoms with van der Waals surface area (Å²) in [6.07, 6.45) is 1.79. The van der Waals surface area contributed by atoms with Crippen molar-refractivity contribution in [3.05, 3.63) is 58.9 Å². The summed E-state index contributed by atoms with van der Waals surface area (Å²) in [5.74, 6) is -0.888. The van der Waals surface area contributed by atoms with Gasteiger partial charge in [0.05, 0.1) is 13.7 Å². The van der Waals surface area contributed by atoms with Crippen LogP contribution in [0.1, 0.15) is 21.5 Å². The van der Waals surface area contributed by atoms with Gasteiger partial charge in [0.1, 0.15) is 11.6 Å². The van der Waals surface area contributed by atoms with Gasteiger partial charge in [0.15, 0.2) is 5.54 Å². The molecule has 9 heteroatoms. The number of methoxy groups -OCH3 is 1. The minimum atomic E-state index is -1.58. The number of nitrogens with one attached hydrogen (secondary N) is 2. The normalized spacial score (nSPS) is 20.5. The lowest BCUT2D eigenvalue weighted by Gasteiger charge is -2.32. The van der Waals surface area contributed by atoms with E-state index in [1.165, 1.54) is 35.9 Å². The van der Waals surface area contributed by atoms with Crippen LogP contribution < -0.4 is 15.4 Å². The number of rotatable bonds is 5. The second-order valence-electron chi connectivity index (χ2n) is 6.84. The predicted molar refractivity (Wildman–Crippen MR) is 104 cm³/mol. The molecule has 1 fully saturated rings. The van der Waals surface area contributed by atoms with Crippen LogP contribution in [0.3, 0.4) is 0 Å². The van der Waals surface area contributed by atoms with E-state index >= 15 is 0 Å². The molecule has 0 unspecified atom stereocenters. The lowest BCUT2D eigenvalue weighted by atomic mass is 9.89. The van der Waals surface area contributed by atoms with Crippen LogP contribution in [-0.2, 0) is 16.9 Å². The number of amides is 4. The topological polar surface area (TPSA) is 87.7 Å². The van der Waals surface area contributed by atoms with E-state index in [1.807, 2.05) is 0 Å². The van der Waals surface area contributed by atoms with Crippen molar-refractivity contribution in [2.45, 2.75) is 17.0 Å². The molecule has 0 spiro atoms. The molecule has 2 aromatic rings. The smallest absolute Gasteiger partial charge is 0.322 e. The average Bonchev–Trinajstić information content (AvgIpc) is 3.17. The third-order valence-corrected chi connectivity index (χ3v) is 5.98. The molecule has 1 atom stereocenters. The Morgan fingerprint density at radius 2 is 2.00 bits per heavy atom. The number of benzene rings is 2. The molecule has 0 aliphatic carbocycles. The third-order valence-electron chi connectivity index (χ3n) is 5.19. The summed E-state index contributed by atoms with van der Waals surface area (Å²) >= 11 is 1.33. The van der Waals surface area contributed by atoms with E-state index in [9.17, 15) is 18.8 Å². The lowest BCUT2D eigenvalue weighted by Crippen LogP contribution is -2.53. The van der Waals surface area contributed by atoms with Gasteiger partial charge in [0.25, 0.3) is 11.8 Å². The Bertz CT molecular complexity index is 1040. The van der Waals surface area contributed by atoms with Crippen LogP contribution in [0.5, 0.6) is 5.75 Å². The summed E-state index contributed by atoms with van der Waals surface area (Å²) in [5.41, 5.74) is 0.00234. The summed E-state index contributed by atoms with van der Waals surface area (Å²) in [6, 6.07) is 8.59. The first-order valence-corrected chi connectivity index (χ1v) is 10.0. The minimum Gasteiger partial charge on any atom is -0.497 e. The Morgan fingerprint density at radius 3 is 2.66 bits per heavy atom. The molecule has 150 valence electrons. The third kappa shape index (κ3) is 3.11.